The maximum absolute atomic E-state index is 10.9. The highest BCUT2D eigenvalue weighted by Gasteiger charge is 2.11. The van der Waals surface area contributed by atoms with Gasteiger partial charge in [0.25, 0.3) is 0 Å². The third-order valence-corrected chi connectivity index (χ3v) is 2.26. The fraction of sp³-hybridized carbons (Fsp3) is 0.182. The number of carbonyl (C=O) groups is 1. The van der Waals surface area contributed by atoms with Crippen molar-refractivity contribution >= 4 is 29.3 Å². The fourth-order valence-corrected chi connectivity index (χ4v) is 1.49. The zero-order chi connectivity index (χ0) is 12.1. The van der Waals surface area contributed by atoms with Crippen molar-refractivity contribution in [2.45, 2.75) is 6.42 Å². The number of halogens is 1. The number of hydrogen-bond acceptors (Lipinski definition) is 3. The van der Waals surface area contributed by atoms with Crippen LogP contribution >= 0.6 is 11.6 Å². The van der Waals surface area contributed by atoms with Gasteiger partial charge in [0.2, 0.25) is 0 Å². The van der Waals surface area contributed by atoms with E-state index in [1.54, 1.807) is 12.1 Å². The molecule has 0 saturated heterocycles. The lowest BCUT2D eigenvalue weighted by atomic mass is 10.1. The van der Waals surface area contributed by atoms with Crippen molar-refractivity contribution in [2.75, 3.05) is 12.3 Å². The Morgan fingerprint density at radius 1 is 1.50 bits per heavy atom. The van der Waals surface area contributed by atoms with E-state index in [0.717, 1.165) is 0 Å². The molecule has 5 heteroatoms. The number of hydrogen-bond donors (Lipinski definition) is 3. The topological polar surface area (TPSA) is 89.3 Å². The zero-order valence-corrected chi connectivity index (χ0v) is 9.37. The molecule has 0 aliphatic heterocycles. The van der Waals surface area contributed by atoms with Crippen LogP contribution in [-0.4, -0.2) is 17.6 Å². The summed E-state index contributed by atoms with van der Waals surface area (Å²) in [5.41, 5.74) is 11.9. The maximum atomic E-state index is 10.9. The van der Waals surface area contributed by atoms with Crippen LogP contribution in [0.5, 0.6) is 0 Å². The van der Waals surface area contributed by atoms with E-state index in [1.807, 2.05) is 6.08 Å². The van der Waals surface area contributed by atoms with Gasteiger partial charge in [0.15, 0.2) is 0 Å². The van der Waals surface area contributed by atoms with E-state index in [-0.39, 0.29) is 11.3 Å². The van der Waals surface area contributed by atoms with Gasteiger partial charge in [-0.1, -0.05) is 23.8 Å². The summed E-state index contributed by atoms with van der Waals surface area (Å²) in [7, 11) is 0. The van der Waals surface area contributed by atoms with Crippen molar-refractivity contribution in [3.05, 3.63) is 34.4 Å². The van der Waals surface area contributed by atoms with E-state index in [1.165, 1.54) is 6.07 Å². The Morgan fingerprint density at radius 2 is 2.19 bits per heavy atom. The molecule has 0 aromatic heterocycles. The Labute approximate surface area is 98.5 Å². The smallest absolute Gasteiger partial charge is 0.337 e. The first-order valence-corrected chi connectivity index (χ1v) is 5.13. The first kappa shape index (κ1) is 12.5. The summed E-state index contributed by atoms with van der Waals surface area (Å²) < 4.78 is 0. The predicted octanol–water partition coefficient (Wildman–Crippen LogP) is 1.98. The van der Waals surface area contributed by atoms with Crippen molar-refractivity contribution < 1.29 is 9.90 Å². The molecule has 0 amide bonds. The molecule has 0 spiro atoms. The highest BCUT2D eigenvalue weighted by atomic mass is 35.5. The van der Waals surface area contributed by atoms with Crippen LogP contribution in [0.15, 0.2) is 18.2 Å². The van der Waals surface area contributed by atoms with Gasteiger partial charge in [0.1, 0.15) is 0 Å². The lowest BCUT2D eigenvalue weighted by Gasteiger charge is -2.05. The van der Waals surface area contributed by atoms with Crippen molar-refractivity contribution in [2.24, 2.45) is 5.73 Å². The SMILES string of the molecule is NCCC=Cc1cc(Cl)cc(C(=O)O)c1N. The quantitative estimate of drug-likeness (QED) is 0.702. The molecule has 5 N–H and O–H groups in total. The van der Waals surface area contributed by atoms with Crippen LogP contribution in [0.2, 0.25) is 5.02 Å². The van der Waals surface area contributed by atoms with E-state index in [0.29, 0.717) is 23.6 Å². The highest BCUT2D eigenvalue weighted by molar-refractivity contribution is 6.31. The molecular formula is C11H13ClN2O2. The van der Waals surface area contributed by atoms with Gasteiger partial charge in [0, 0.05) is 5.02 Å². The van der Waals surface area contributed by atoms with Crippen LogP contribution in [0.1, 0.15) is 22.3 Å². The Bertz CT molecular complexity index is 430. The van der Waals surface area contributed by atoms with Crippen LogP contribution in [0, 0.1) is 0 Å². The minimum atomic E-state index is -1.09. The van der Waals surface area contributed by atoms with Crippen molar-refractivity contribution in [3.63, 3.8) is 0 Å². The van der Waals surface area contributed by atoms with Gasteiger partial charge < -0.3 is 16.6 Å². The molecule has 1 aromatic rings. The second kappa shape index (κ2) is 5.53. The number of nitrogens with two attached hydrogens (primary N) is 2. The molecule has 0 heterocycles. The van der Waals surface area contributed by atoms with Gasteiger partial charge in [-0.25, -0.2) is 4.79 Å². The number of rotatable bonds is 4. The average molecular weight is 241 g/mol. The monoisotopic (exact) mass is 240 g/mol. The molecule has 86 valence electrons. The van der Waals surface area contributed by atoms with Gasteiger partial charge in [0.05, 0.1) is 11.3 Å². The Morgan fingerprint density at radius 3 is 2.75 bits per heavy atom. The predicted molar refractivity (Wildman–Crippen MR) is 65.5 cm³/mol. The molecule has 1 aromatic carbocycles. The molecule has 1 rings (SSSR count). The van der Waals surface area contributed by atoms with Crippen molar-refractivity contribution in [3.8, 4) is 0 Å². The molecule has 0 aliphatic rings. The minimum absolute atomic E-state index is 0.0138. The lowest BCUT2D eigenvalue weighted by Crippen LogP contribution is -2.04. The van der Waals surface area contributed by atoms with Gasteiger partial charge in [-0.15, -0.1) is 0 Å². The van der Waals surface area contributed by atoms with E-state index >= 15 is 0 Å². The number of anilines is 1. The van der Waals surface area contributed by atoms with Crippen LogP contribution in [-0.2, 0) is 0 Å². The highest BCUT2D eigenvalue weighted by Crippen LogP contribution is 2.24. The number of carboxylic acid groups (broad SMARTS) is 1. The third-order valence-electron chi connectivity index (χ3n) is 2.04. The van der Waals surface area contributed by atoms with Crippen LogP contribution in [0.3, 0.4) is 0 Å². The summed E-state index contributed by atoms with van der Waals surface area (Å²) in [6.07, 6.45) is 4.25. The van der Waals surface area contributed by atoms with E-state index in [9.17, 15) is 4.79 Å². The number of benzene rings is 1. The minimum Gasteiger partial charge on any atom is -0.478 e. The van der Waals surface area contributed by atoms with Gasteiger partial charge in [-0.3, -0.25) is 0 Å². The summed E-state index contributed by atoms with van der Waals surface area (Å²) in [6, 6.07) is 2.95. The first-order chi connectivity index (χ1) is 7.56. The largest absolute Gasteiger partial charge is 0.478 e. The first-order valence-electron chi connectivity index (χ1n) is 4.75. The van der Waals surface area contributed by atoms with E-state index < -0.39 is 5.97 Å². The summed E-state index contributed by atoms with van der Waals surface area (Å²) in [5, 5.41) is 9.25. The lowest BCUT2D eigenvalue weighted by molar-refractivity contribution is 0.0698. The molecule has 16 heavy (non-hydrogen) atoms. The molecule has 0 aliphatic carbocycles. The van der Waals surface area contributed by atoms with Crippen LogP contribution in [0.4, 0.5) is 5.69 Å². The zero-order valence-electron chi connectivity index (χ0n) is 8.61. The standard InChI is InChI=1S/C11H13ClN2O2/c12-8-5-7(3-1-2-4-13)10(14)9(6-8)11(15)16/h1,3,5-6H,2,4,13-14H2,(H,15,16). The van der Waals surface area contributed by atoms with Gasteiger partial charge >= 0.3 is 5.97 Å². The van der Waals surface area contributed by atoms with Crippen LogP contribution in [0.25, 0.3) is 6.08 Å². The molecular weight excluding hydrogens is 228 g/mol. The molecule has 0 saturated carbocycles. The molecule has 0 fully saturated rings. The van der Waals surface area contributed by atoms with Gasteiger partial charge in [-0.2, -0.15) is 0 Å². The van der Waals surface area contributed by atoms with Crippen molar-refractivity contribution in [1.82, 2.24) is 0 Å². The number of nitrogen functional groups attached to an aromatic ring is 1. The average Bonchev–Trinajstić information content (AvgIpc) is 2.22. The summed E-state index contributed by atoms with van der Waals surface area (Å²) >= 11 is 5.80. The Balaban J connectivity index is 3.14. The van der Waals surface area contributed by atoms with Crippen molar-refractivity contribution in [1.29, 1.82) is 0 Å². The molecule has 0 radical (unpaired) electrons. The maximum Gasteiger partial charge on any atom is 0.337 e. The molecule has 0 unspecified atom stereocenters. The van der Waals surface area contributed by atoms with E-state index in [2.05, 4.69) is 0 Å². The summed E-state index contributed by atoms with van der Waals surface area (Å²) in [5.74, 6) is -1.09. The summed E-state index contributed by atoms with van der Waals surface area (Å²) in [4.78, 5) is 10.9. The second-order valence-corrected chi connectivity index (χ2v) is 3.68. The Hall–Kier alpha value is -1.52. The Kier molecular flexibility index (Phi) is 4.34. The number of carboxylic acids is 1. The summed E-state index contributed by atoms with van der Waals surface area (Å²) in [6.45, 7) is 0.531. The molecule has 4 nitrogen and oxygen atoms in total. The van der Waals surface area contributed by atoms with E-state index in [4.69, 9.17) is 28.2 Å². The normalized spacial score (nSPS) is 10.9. The third kappa shape index (κ3) is 2.98. The molecule has 0 bridgehead atoms. The fourth-order valence-electron chi connectivity index (χ4n) is 1.26. The second-order valence-electron chi connectivity index (χ2n) is 3.24. The van der Waals surface area contributed by atoms with Gasteiger partial charge in [-0.05, 0) is 30.7 Å². The number of aromatic carboxylic acids is 1. The van der Waals surface area contributed by atoms with Crippen LogP contribution < -0.4 is 11.5 Å². The molecule has 0 atom stereocenters.